The average molecular weight is 324 g/mol. The number of nitrogens with zero attached hydrogens (tertiary/aromatic N) is 1. The van der Waals surface area contributed by atoms with E-state index in [2.05, 4.69) is 6.07 Å². The second kappa shape index (κ2) is 5.72. The van der Waals surface area contributed by atoms with Gasteiger partial charge in [0.25, 0.3) is 0 Å². The standard InChI is InChI=1S/C19H20N2O3/c1-19(2)8-14(22)17-15(9-19)24-18(21)13(10-20)16(17)11-5-4-6-12(7-11)23-3/h4-7,16H,8-9,21H2,1-3H3. The Hall–Kier alpha value is -2.74. The Kier molecular flexibility index (Phi) is 3.84. The normalized spacial score (nSPS) is 22.6. The molecule has 1 aromatic rings. The molecule has 0 aromatic heterocycles. The lowest BCUT2D eigenvalue weighted by atomic mass is 9.70. The fourth-order valence-electron chi connectivity index (χ4n) is 3.44. The smallest absolute Gasteiger partial charge is 0.205 e. The number of ketones is 1. The van der Waals surface area contributed by atoms with Crippen molar-refractivity contribution in [2.75, 3.05) is 7.11 Å². The van der Waals surface area contributed by atoms with Gasteiger partial charge in [0.1, 0.15) is 23.2 Å². The van der Waals surface area contributed by atoms with E-state index in [4.69, 9.17) is 15.2 Å². The molecule has 5 nitrogen and oxygen atoms in total. The number of hydrogen-bond acceptors (Lipinski definition) is 5. The SMILES string of the molecule is COc1cccc(C2C(C#N)=C(N)OC3=C2C(=O)CC(C)(C)C3)c1. The van der Waals surface area contributed by atoms with Crippen LogP contribution in [0.2, 0.25) is 0 Å². The van der Waals surface area contributed by atoms with E-state index < -0.39 is 5.92 Å². The van der Waals surface area contributed by atoms with E-state index >= 15 is 0 Å². The molecule has 0 spiro atoms. The molecule has 0 bridgehead atoms. The van der Waals surface area contributed by atoms with Gasteiger partial charge in [-0.2, -0.15) is 5.26 Å². The van der Waals surface area contributed by atoms with E-state index in [9.17, 15) is 10.1 Å². The number of nitrogens with two attached hydrogens (primary N) is 1. The Bertz CT molecular complexity index is 812. The van der Waals surface area contributed by atoms with Crippen LogP contribution < -0.4 is 10.5 Å². The minimum atomic E-state index is -0.502. The van der Waals surface area contributed by atoms with Crippen molar-refractivity contribution < 1.29 is 14.3 Å². The molecule has 1 atom stereocenters. The van der Waals surface area contributed by atoms with Crippen LogP contribution in [-0.4, -0.2) is 12.9 Å². The molecule has 1 heterocycles. The number of hydrogen-bond donors (Lipinski definition) is 1. The van der Waals surface area contributed by atoms with Crippen LogP contribution in [0.15, 0.2) is 47.1 Å². The van der Waals surface area contributed by atoms with Crippen molar-refractivity contribution in [2.45, 2.75) is 32.6 Å². The number of carbonyl (C=O) groups is 1. The maximum Gasteiger partial charge on any atom is 0.205 e. The molecule has 2 N–H and O–H groups in total. The highest BCUT2D eigenvalue weighted by Gasteiger charge is 2.42. The van der Waals surface area contributed by atoms with Crippen molar-refractivity contribution in [1.82, 2.24) is 0 Å². The number of carbonyl (C=O) groups excluding carboxylic acids is 1. The summed E-state index contributed by atoms with van der Waals surface area (Å²) in [7, 11) is 1.58. The monoisotopic (exact) mass is 324 g/mol. The summed E-state index contributed by atoms with van der Waals surface area (Å²) in [5.74, 6) is 0.836. The predicted octanol–water partition coefficient (Wildman–Crippen LogP) is 3.15. The molecule has 0 fully saturated rings. The molecule has 0 radical (unpaired) electrons. The Morgan fingerprint density at radius 1 is 1.38 bits per heavy atom. The van der Waals surface area contributed by atoms with Crippen LogP contribution in [-0.2, 0) is 9.53 Å². The molecule has 0 saturated carbocycles. The molecule has 1 aromatic carbocycles. The Balaban J connectivity index is 2.18. The van der Waals surface area contributed by atoms with Gasteiger partial charge in [0.05, 0.1) is 13.0 Å². The van der Waals surface area contributed by atoms with E-state index in [1.54, 1.807) is 7.11 Å². The number of nitriles is 1. The van der Waals surface area contributed by atoms with Crippen LogP contribution in [0.3, 0.4) is 0 Å². The zero-order valence-corrected chi connectivity index (χ0v) is 14.1. The second-order valence-electron chi connectivity index (χ2n) is 6.98. The topological polar surface area (TPSA) is 85.3 Å². The summed E-state index contributed by atoms with van der Waals surface area (Å²) in [6, 6.07) is 9.49. The highest BCUT2D eigenvalue weighted by Crippen LogP contribution is 2.48. The summed E-state index contributed by atoms with van der Waals surface area (Å²) >= 11 is 0. The second-order valence-corrected chi connectivity index (χ2v) is 6.98. The van der Waals surface area contributed by atoms with Crippen molar-refractivity contribution in [2.24, 2.45) is 11.1 Å². The molecular formula is C19H20N2O3. The van der Waals surface area contributed by atoms with Gasteiger partial charge in [-0.15, -0.1) is 0 Å². The lowest BCUT2D eigenvalue weighted by Crippen LogP contribution is -2.33. The molecule has 1 aliphatic carbocycles. The lowest BCUT2D eigenvalue weighted by molar-refractivity contribution is -0.119. The third-order valence-electron chi connectivity index (χ3n) is 4.50. The van der Waals surface area contributed by atoms with E-state index in [-0.39, 0.29) is 22.7 Å². The predicted molar refractivity (Wildman–Crippen MR) is 88.7 cm³/mol. The van der Waals surface area contributed by atoms with Crippen molar-refractivity contribution in [1.29, 1.82) is 5.26 Å². The number of benzene rings is 1. The number of Topliss-reactive ketones (excluding diaryl/α,β-unsaturated/α-hetero) is 1. The van der Waals surface area contributed by atoms with Crippen molar-refractivity contribution in [3.05, 3.63) is 52.6 Å². The molecule has 0 amide bonds. The summed E-state index contributed by atoms with van der Waals surface area (Å²) in [5, 5.41) is 9.57. The van der Waals surface area contributed by atoms with Crippen molar-refractivity contribution in [3.63, 3.8) is 0 Å². The summed E-state index contributed by atoms with van der Waals surface area (Å²) in [5.41, 5.74) is 7.43. The summed E-state index contributed by atoms with van der Waals surface area (Å²) in [4.78, 5) is 12.8. The van der Waals surface area contributed by atoms with Crippen LogP contribution >= 0.6 is 0 Å². The van der Waals surface area contributed by atoms with Crippen LogP contribution in [0.4, 0.5) is 0 Å². The Labute approximate surface area is 141 Å². The largest absolute Gasteiger partial charge is 0.497 e. The Morgan fingerprint density at radius 3 is 2.79 bits per heavy atom. The summed E-state index contributed by atoms with van der Waals surface area (Å²) < 4.78 is 10.9. The zero-order chi connectivity index (χ0) is 17.5. The fourth-order valence-corrected chi connectivity index (χ4v) is 3.44. The van der Waals surface area contributed by atoms with E-state index in [0.29, 0.717) is 29.9 Å². The lowest BCUT2D eigenvalue weighted by Gasteiger charge is -2.37. The minimum Gasteiger partial charge on any atom is -0.497 e. The maximum absolute atomic E-state index is 12.8. The van der Waals surface area contributed by atoms with Gasteiger partial charge < -0.3 is 15.2 Å². The first-order valence-corrected chi connectivity index (χ1v) is 7.84. The van der Waals surface area contributed by atoms with E-state index in [1.807, 2.05) is 38.1 Å². The molecule has 24 heavy (non-hydrogen) atoms. The molecule has 5 heteroatoms. The summed E-state index contributed by atoms with van der Waals surface area (Å²) in [6.45, 7) is 4.05. The number of allylic oxidation sites excluding steroid dienone is 3. The molecule has 2 aliphatic rings. The third kappa shape index (κ3) is 2.65. The van der Waals surface area contributed by atoms with E-state index in [1.165, 1.54) is 0 Å². The van der Waals surface area contributed by atoms with Gasteiger partial charge in [-0.1, -0.05) is 26.0 Å². The molecule has 0 saturated heterocycles. The van der Waals surface area contributed by atoms with Crippen LogP contribution in [0, 0.1) is 16.7 Å². The van der Waals surface area contributed by atoms with Crippen LogP contribution in [0.1, 0.15) is 38.2 Å². The van der Waals surface area contributed by atoms with Gasteiger partial charge in [0, 0.05) is 18.4 Å². The van der Waals surface area contributed by atoms with Crippen molar-refractivity contribution in [3.8, 4) is 11.8 Å². The molecule has 3 rings (SSSR count). The first-order chi connectivity index (χ1) is 11.4. The molecule has 1 aliphatic heterocycles. The average Bonchev–Trinajstić information content (AvgIpc) is 2.52. The number of ether oxygens (including phenoxy) is 2. The zero-order valence-electron chi connectivity index (χ0n) is 14.1. The van der Waals surface area contributed by atoms with E-state index in [0.717, 1.165) is 5.56 Å². The number of methoxy groups -OCH3 is 1. The first-order valence-electron chi connectivity index (χ1n) is 7.84. The minimum absolute atomic E-state index is 0.00863. The molecular weight excluding hydrogens is 304 g/mol. The van der Waals surface area contributed by atoms with Gasteiger partial charge >= 0.3 is 0 Å². The highest BCUT2D eigenvalue weighted by atomic mass is 16.5. The Morgan fingerprint density at radius 2 is 2.12 bits per heavy atom. The third-order valence-corrected chi connectivity index (χ3v) is 4.50. The van der Waals surface area contributed by atoms with Gasteiger partial charge in [0.2, 0.25) is 5.88 Å². The van der Waals surface area contributed by atoms with Crippen LogP contribution in [0.5, 0.6) is 5.75 Å². The molecule has 1 unspecified atom stereocenters. The first kappa shape index (κ1) is 16.1. The summed E-state index contributed by atoms with van der Waals surface area (Å²) in [6.07, 6.45) is 1.04. The van der Waals surface area contributed by atoms with Gasteiger partial charge in [-0.25, -0.2) is 0 Å². The number of rotatable bonds is 2. The van der Waals surface area contributed by atoms with Crippen molar-refractivity contribution >= 4 is 5.78 Å². The maximum atomic E-state index is 12.8. The van der Waals surface area contributed by atoms with Crippen LogP contribution in [0.25, 0.3) is 0 Å². The fraction of sp³-hybridized carbons (Fsp3) is 0.368. The molecule has 124 valence electrons. The van der Waals surface area contributed by atoms with Gasteiger partial charge in [0.15, 0.2) is 5.78 Å². The van der Waals surface area contributed by atoms with Gasteiger partial charge in [-0.05, 0) is 23.1 Å². The van der Waals surface area contributed by atoms with Gasteiger partial charge in [-0.3, -0.25) is 4.79 Å². The highest BCUT2D eigenvalue weighted by molar-refractivity contribution is 6.00. The quantitative estimate of drug-likeness (QED) is 0.903.